The van der Waals surface area contributed by atoms with Gasteiger partial charge < -0.3 is 9.47 Å². The van der Waals surface area contributed by atoms with Crippen LogP contribution in [0.5, 0.6) is 0 Å². The molecule has 0 aliphatic carbocycles. The molecule has 5 heteroatoms. The van der Waals surface area contributed by atoms with E-state index in [1.54, 1.807) is 0 Å². The summed E-state index contributed by atoms with van der Waals surface area (Å²) in [6.45, 7) is 0.314. The van der Waals surface area contributed by atoms with Crippen molar-refractivity contribution in [3.8, 4) is 0 Å². The predicted molar refractivity (Wildman–Crippen MR) is 38.8 cm³/mol. The van der Waals surface area contributed by atoms with Gasteiger partial charge in [0.15, 0.2) is 12.0 Å². The second kappa shape index (κ2) is 3.87. The molecule has 0 bridgehead atoms. The van der Waals surface area contributed by atoms with E-state index >= 15 is 0 Å². The molecule has 0 saturated carbocycles. The number of nitrogens with two attached hydrogens (primary N) is 1. The molecule has 0 aromatic rings. The monoisotopic (exact) mass is 171 g/mol. The first-order valence-corrected chi connectivity index (χ1v) is 3.42. The van der Waals surface area contributed by atoms with Gasteiger partial charge in [-0.05, 0) is 0 Å². The van der Waals surface area contributed by atoms with Crippen molar-refractivity contribution < 1.29 is 19.1 Å². The maximum absolute atomic E-state index is 10.9. The topological polar surface area (TPSA) is 78.6 Å². The number of ketones is 1. The number of Topliss-reactive ketones (excluding diaryl/α,β-unsaturated/α-hetero) is 1. The summed E-state index contributed by atoms with van der Waals surface area (Å²) >= 11 is 0. The van der Waals surface area contributed by atoms with Gasteiger partial charge in [-0.1, -0.05) is 0 Å². The quantitative estimate of drug-likeness (QED) is 0.447. The van der Waals surface area contributed by atoms with Crippen LogP contribution in [0.1, 0.15) is 6.42 Å². The highest BCUT2D eigenvalue weighted by molar-refractivity contribution is 5.97. The zero-order valence-corrected chi connectivity index (χ0v) is 6.36. The van der Waals surface area contributed by atoms with Gasteiger partial charge in [0, 0.05) is 12.0 Å². The van der Waals surface area contributed by atoms with Crippen molar-refractivity contribution in [3.05, 3.63) is 11.8 Å². The summed E-state index contributed by atoms with van der Waals surface area (Å²) in [5.41, 5.74) is 5.79. The van der Waals surface area contributed by atoms with Crippen molar-refractivity contribution in [3.63, 3.8) is 0 Å². The predicted octanol–water partition coefficient (Wildman–Crippen LogP) is -0.683. The summed E-state index contributed by atoms with van der Waals surface area (Å²) in [6.07, 6.45) is 0.785. The molecular formula is C7H9NO4. The highest BCUT2D eigenvalue weighted by Crippen LogP contribution is 2.12. The fourth-order valence-electron chi connectivity index (χ4n) is 0.875. The van der Waals surface area contributed by atoms with Gasteiger partial charge in [-0.2, -0.15) is 0 Å². The van der Waals surface area contributed by atoms with E-state index in [0.29, 0.717) is 5.57 Å². The third-order valence-electron chi connectivity index (χ3n) is 1.45. The first-order chi connectivity index (χ1) is 5.74. The van der Waals surface area contributed by atoms with Crippen LogP contribution in [0.15, 0.2) is 11.8 Å². The Balaban J connectivity index is 2.39. The molecule has 1 heterocycles. The standard InChI is InChI=1S/C7H9NO4/c8-7(12-4-9)1-5-2-11-3-6(5)10/h2,4,7H,1,3,8H2. The normalized spacial score (nSPS) is 18.1. The zero-order valence-electron chi connectivity index (χ0n) is 6.36. The molecule has 1 unspecified atom stereocenters. The van der Waals surface area contributed by atoms with Gasteiger partial charge in [0.25, 0.3) is 6.47 Å². The van der Waals surface area contributed by atoms with Crippen molar-refractivity contribution in [1.82, 2.24) is 0 Å². The molecule has 0 radical (unpaired) electrons. The van der Waals surface area contributed by atoms with Crippen molar-refractivity contribution in [1.29, 1.82) is 0 Å². The Morgan fingerprint density at radius 3 is 3.08 bits per heavy atom. The molecule has 0 spiro atoms. The van der Waals surface area contributed by atoms with Crippen LogP contribution < -0.4 is 5.73 Å². The molecule has 1 rings (SSSR count). The van der Waals surface area contributed by atoms with Crippen molar-refractivity contribution in [2.45, 2.75) is 12.6 Å². The average molecular weight is 171 g/mol. The zero-order chi connectivity index (χ0) is 8.97. The van der Waals surface area contributed by atoms with Crippen molar-refractivity contribution in [2.75, 3.05) is 6.61 Å². The Morgan fingerprint density at radius 1 is 1.83 bits per heavy atom. The van der Waals surface area contributed by atoms with E-state index in [1.807, 2.05) is 0 Å². The third-order valence-corrected chi connectivity index (χ3v) is 1.45. The lowest BCUT2D eigenvalue weighted by molar-refractivity contribution is -0.133. The van der Waals surface area contributed by atoms with Crippen molar-refractivity contribution >= 4 is 12.3 Å². The largest absolute Gasteiger partial charge is 0.493 e. The van der Waals surface area contributed by atoms with E-state index in [0.717, 1.165) is 0 Å². The summed E-state index contributed by atoms with van der Waals surface area (Å²) in [5.74, 6) is -0.111. The molecule has 0 amide bonds. The minimum atomic E-state index is -0.764. The summed E-state index contributed by atoms with van der Waals surface area (Å²) in [7, 11) is 0. The minimum absolute atomic E-state index is 0.0587. The van der Waals surface area contributed by atoms with E-state index in [2.05, 4.69) is 4.74 Å². The highest BCUT2D eigenvalue weighted by Gasteiger charge is 2.19. The SMILES string of the molecule is NC(CC1=COCC1=O)OC=O. The van der Waals surface area contributed by atoms with E-state index in [1.165, 1.54) is 6.26 Å². The minimum Gasteiger partial charge on any atom is -0.493 e. The number of hydrogen-bond donors (Lipinski definition) is 1. The molecule has 1 aliphatic heterocycles. The smallest absolute Gasteiger partial charge is 0.294 e. The van der Waals surface area contributed by atoms with Gasteiger partial charge >= 0.3 is 0 Å². The molecule has 2 N–H and O–H groups in total. The maximum Gasteiger partial charge on any atom is 0.294 e. The Bertz CT molecular complexity index is 223. The summed E-state index contributed by atoms with van der Waals surface area (Å²) < 4.78 is 9.14. The van der Waals surface area contributed by atoms with Crippen LogP contribution >= 0.6 is 0 Å². The summed E-state index contributed by atoms with van der Waals surface area (Å²) in [6, 6.07) is 0. The Morgan fingerprint density at radius 2 is 2.58 bits per heavy atom. The molecule has 5 nitrogen and oxygen atoms in total. The van der Waals surface area contributed by atoms with Gasteiger partial charge in [-0.15, -0.1) is 0 Å². The molecule has 0 aromatic carbocycles. The molecule has 0 aromatic heterocycles. The molecule has 66 valence electrons. The van der Waals surface area contributed by atoms with Crippen LogP contribution in [0, 0.1) is 0 Å². The number of rotatable bonds is 4. The van der Waals surface area contributed by atoms with Gasteiger partial charge in [0.05, 0.1) is 6.26 Å². The van der Waals surface area contributed by atoms with E-state index in [9.17, 15) is 9.59 Å². The lowest BCUT2D eigenvalue weighted by Gasteiger charge is -2.07. The second-order valence-corrected chi connectivity index (χ2v) is 2.35. The lowest BCUT2D eigenvalue weighted by atomic mass is 10.1. The fourth-order valence-corrected chi connectivity index (χ4v) is 0.875. The number of hydrogen-bond acceptors (Lipinski definition) is 5. The van der Waals surface area contributed by atoms with Gasteiger partial charge in [0.2, 0.25) is 0 Å². The molecule has 0 fully saturated rings. The van der Waals surface area contributed by atoms with Crippen LogP contribution in [0.25, 0.3) is 0 Å². The van der Waals surface area contributed by atoms with E-state index in [-0.39, 0.29) is 25.3 Å². The first-order valence-electron chi connectivity index (χ1n) is 3.42. The number of carbonyl (C=O) groups excluding carboxylic acids is 2. The Kier molecular flexibility index (Phi) is 2.82. The maximum atomic E-state index is 10.9. The second-order valence-electron chi connectivity index (χ2n) is 2.35. The van der Waals surface area contributed by atoms with Gasteiger partial charge in [-0.3, -0.25) is 15.3 Å². The number of carbonyl (C=O) groups is 2. The number of ether oxygens (including phenoxy) is 2. The first kappa shape index (κ1) is 8.73. The van der Waals surface area contributed by atoms with E-state index in [4.69, 9.17) is 10.5 Å². The molecule has 1 atom stereocenters. The van der Waals surface area contributed by atoms with Gasteiger partial charge in [0.1, 0.15) is 6.61 Å². The van der Waals surface area contributed by atoms with Crippen molar-refractivity contribution in [2.24, 2.45) is 5.73 Å². The summed E-state index contributed by atoms with van der Waals surface area (Å²) in [4.78, 5) is 20.8. The van der Waals surface area contributed by atoms with Crippen LogP contribution in [-0.2, 0) is 19.1 Å². The Hall–Kier alpha value is -1.36. The highest BCUT2D eigenvalue weighted by atomic mass is 16.5. The third kappa shape index (κ3) is 2.06. The summed E-state index contributed by atoms with van der Waals surface area (Å²) in [5, 5.41) is 0. The Labute approximate surface area is 69.1 Å². The molecule has 1 aliphatic rings. The van der Waals surface area contributed by atoms with Gasteiger partial charge in [-0.25, -0.2) is 0 Å². The van der Waals surface area contributed by atoms with E-state index < -0.39 is 6.23 Å². The molecule has 0 saturated heterocycles. The molecule has 12 heavy (non-hydrogen) atoms. The van der Waals surface area contributed by atoms with Crippen LogP contribution in [0.3, 0.4) is 0 Å². The lowest BCUT2D eigenvalue weighted by Crippen LogP contribution is -2.25. The fraction of sp³-hybridized carbons (Fsp3) is 0.429. The van der Waals surface area contributed by atoms with Crippen LogP contribution in [-0.4, -0.2) is 25.1 Å². The molecular weight excluding hydrogens is 162 g/mol. The van der Waals surface area contributed by atoms with Crippen LogP contribution in [0.2, 0.25) is 0 Å². The average Bonchev–Trinajstić information content (AvgIpc) is 2.37. The van der Waals surface area contributed by atoms with Crippen LogP contribution in [0.4, 0.5) is 0 Å².